The van der Waals surface area contributed by atoms with E-state index in [2.05, 4.69) is 61.2 Å². The number of aromatic nitrogens is 1. The van der Waals surface area contributed by atoms with E-state index in [0.29, 0.717) is 36.5 Å². The molecule has 3 aromatic rings. The van der Waals surface area contributed by atoms with Crippen LogP contribution in [-0.2, 0) is 12.7 Å². The molecule has 0 radical (unpaired) electrons. The van der Waals surface area contributed by atoms with Crippen LogP contribution in [0.5, 0.6) is 23.0 Å². The number of aryl methyl sites for hydroxylation is 1. The lowest BCUT2D eigenvalue weighted by Gasteiger charge is -2.48. The van der Waals surface area contributed by atoms with E-state index in [1.807, 2.05) is 43.6 Å². The van der Waals surface area contributed by atoms with Crippen molar-refractivity contribution in [2.75, 3.05) is 13.2 Å². The molecule has 0 bridgehead atoms. The van der Waals surface area contributed by atoms with E-state index in [-0.39, 0.29) is 17.7 Å². The number of benzene rings is 2. The quantitative estimate of drug-likeness (QED) is 0.0717. The summed E-state index contributed by atoms with van der Waals surface area (Å²) in [7, 11) is 2.04. The van der Waals surface area contributed by atoms with E-state index in [1.165, 1.54) is 25.7 Å². The van der Waals surface area contributed by atoms with Gasteiger partial charge in [0, 0.05) is 42.2 Å². The molecule has 0 spiro atoms. The van der Waals surface area contributed by atoms with Gasteiger partial charge >= 0.3 is 0 Å². The van der Waals surface area contributed by atoms with Crippen molar-refractivity contribution in [2.24, 2.45) is 18.9 Å². The third kappa shape index (κ3) is 10.4. The molecule has 1 saturated heterocycles. The average molecular weight is 677 g/mol. The zero-order valence-corrected chi connectivity index (χ0v) is 31.1. The molecule has 49 heavy (non-hydrogen) atoms. The Labute approximate surface area is 296 Å². The summed E-state index contributed by atoms with van der Waals surface area (Å²) in [6.07, 6.45) is 14.4. The van der Waals surface area contributed by atoms with E-state index in [1.54, 1.807) is 12.1 Å². The van der Waals surface area contributed by atoms with Gasteiger partial charge in [0.25, 0.3) is 0 Å². The topological polar surface area (TPSA) is 99.9 Å². The summed E-state index contributed by atoms with van der Waals surface area (Å²) in [5.74, 6) is 2.71. The van der Waals surface area contributed by atoms with Gasteiger partial charge in [-0.2, -0.15) is 0 Å². The molecule has 1 aliphatic heterocycles. The van der Waals surface area contributed by atoms with Gasteiger partial charge in [0.2, 0.25) is 0 Å². The number of aromatic hydroxyl groups is 2. The van der Waals surface area contributed by atoms with Gasteiger partial charge in [-0.3, -0.25) is 16.0 Å². The number of ether oxygens (including phenoxy) is 2. The monoisotopic (exact) mass is 676 g/mol. The average Bonchev–Trinajstić information content (AvgIpc) is 3.54. The molecule has 5 N–H and O–H groups in total. The summed E-state index contributed by atoms with van der Waals surface area (Å²) in [6.45, 7) is 12.4. The molecule has 2 heterocycles. The Kier molecular flexibility index (Phi) is 15.2. The molecule has 0 amide bonds. The van der Waals surface area contributed by atoms with Crippen LogP contribution in [0.15, 0.2) is 54.7 Å². The Morgan fingerprint density at radius 1 is 0.735 bits per heavy atom. The van der Waals surface area contributed by atoms with Gasteiger partial charge in [0.05, 0.1) is 19.4 Å². The van der Waals surface area contributed by atoms with Crippen LogP contribution in [0, 0.1) is 11.8 Å². The highest BCUT2D eigenvalue weighted by atomic mass is 16.5. The van der Waals surface area contributed by atoms with Gasteiger partial charge in [0.15, 0.2) is 0 Å². The molecular weight excluding hydrogens is 612 g/mol. The van der Waals surface area contributed by atoms with E-state index < -0.39 is 11.8 Å². The number of phenols is 2. The molecule has 5 atom stereocenters. The van der Waals surface area contributed by atoms with Gasteiger partial charge in [0.1, 0.15) is 34.8 Å². The number of nitrogens with one attached hydrogen (secondary N) is 3. The highest BCUT2D eigenvalue weighted by molar-refractivity contribution is 5.46. The summed E-state index contributed by atoms with van der Waals surface area (Å²) >= 11 is 0. The van der Waals surface area contributed by atoms with Crippen molar-refractivity contribution in [3.05, 3.63) is 71.5 Å². The lowest BCUT2D eigenvalue weighted by atomic mass is 9.89. The molecule has 4 rings (SSSR count). The first-order valence-corrected chi connectivity index (χ1v) is 19.1. The Bertz CT molecular complexity index is 1410. The zero-order valence-electron chi connectivity index (χ0n) is 31.1. The standard InChI is InChI=1S/C41H64N4O4/c1-7-12-15-24-41(35-23-21-33(27-38(35)47)49-29-31(11-5)18-14-9-3)43-39(42-40(44-41)36-19-16-25-45(36)6)34-22-20-32(26-37(34)46)48-28-30(10-4)17-13-8-2/h16,19-23,25-27,30-31,39-40,42-44,46-47H,7-15,17-18,24,28-29H2,1-6H3. The Hall–Kier alpha value is -3.20. The number of rotatable bonds is 21. The van der Waals surface area contributed by atoms with Crippen molar-refractivity contribution in [3.63, 3.8) is 0 Å². The Morgan fingerprint density at radius 3 is 1.86 bits per heavy atom. The molecule has 1 aromatic heterocycles. The second-order valence-corrected chi connectivity index (χ2v) is 14.1. The number of hydrogen-bond donors (Lipinski definition) is 5. The molecule has 5 unspecified atom stereocenters. The highest BCUT2D eigenvalue weighted by Crippen LogP contribution is 2.41. The van der Waals surface area contributed by atoms with Gasteiger partial charge in [-0.1, -0.05) is 86.0 Å². The van der Waals surface area contributed by atoms with Crippen LogP contribution in [0.2, 0.25) is 0 Å². The molecule has 272 valence electrons. The Balaban J connectivity index is 1.66. The Morgan fingerprint density at radius 2 is 1.33 bits per heavy atom. The van der Waals surface area contributed by atoms with Gasteiger partial charge < -0.3 is 24.3 Å². The van der Waals surface area contributed by atoms with E-state index in [9.17, 15) is 10.2 Å². The fourth-order valence-corrected chi connectivity index (χ4v) is 7.00. The van der Waals surface area contributed by atoms with Crippen molar-refractivity contribution in [3.8, 4) is 23.0 Å². The SMILES string of the molecule is CCCCCC1(c2ccc(OCC(CC)CCCC)cc2O)NC(c2ccc(OCC(CC)CCCC)cc2O)NC(c2cccn2C)N1. The zero-order chi connectivity index (χ0) is 35.2. The van der Waals surface area contributed by atoms with Crippen molar-refractivity contribution < 1.29 is 19.7 Å². The van der Waals surface area contributed by atoms with Crippen molar-refractivity contribution in [1.82, 2.24) is 20.5 Å². The van der Waals surface area contributed by atoms with Gasteiger partial charge in [-0.05, 0) is 73.9 Å². The van der Waals surface area contributed by atoms with Crippen LogP contribution in [0.25, 0.3) is 0 Å². The summed E-state index contributed by atoms with van der Waals surface area (Å²) in [4.78, 5) is 0. The van der Waals surface area contributed by atoms with Crippen molar-refractivity contribution in [2.45, 2.75) is 130 Å². The first-order valence-electron chi connectivity index (χ1n) is 19.1. The van der Waals surface area contributed by atoms with Crippen LogP contribution in [0.3, 0.4) is 0 Å². The van der Waals surface area contributed by atoms with Crippen LogP contribution in [0.4, 0.5) is 0 Å². The fourth-order valence-electron chi connectivity index (χ4n) is 7.00. The predicted molar refractivity (Wildman–Crippen MR) is 200 cm³/mol. The van der Waals surface area contributed by atoms with Crippen LogP contribution >= 0.6 is 0 Å². The normalized spacial score (nSPS) is 20.6. The van der Waals surface area contributed by atoms with Crippen LogP contribution in [0.1, 0.15) is 141 Å². The summed E-state index contributed by atoms with van der Waals surface area (Å²) in [5, 5.41) is 34.5. The maximum absolute atomic E-state index is 11.7. The molecule has 1 fully saturated rings. The first-order chi connectivity index (χ1) is 23.8. The fraction of sp³-hybridized carbons (Fsp3) is 0.610. The van der Waals surface area contributed by atoms with Crippen LogP contribution in [-0.4, -0.2) is 28.0 Å². The summed E-state index contributed by atoms with van der Waals surface area (Å²) in [6, 6.07) is 15.5. The highest BCUT2D eigenvalue weighted by Gasteiger charge is 2.44. The van der Waals surface area contributed by atoms with Crippen LogP contribution < -0.4 is 25.4 Å². The van der Waals surface area contributed by atoms with Crippen molar-refractivity contribution >= 4 is 0 Å². The second-order valence-electron chi connectivity index (χ2n) is 14.1. The summed E-state index contributed by atoms with van der Waals surface area (Å²) in [5.41, 5.74) is 1.74. The predicted octanol–water partition coefficient (Wildman–Crippen LogP) is 9.54. The lowest BCUT2D eigenvalue weighted by Crippen LogP contribution is -2.66. The van der Waals surface area contributed by atoms with E-state index in [4.69, 9.17) is 9.47 Å². The largest absolute Gasteiger partial charge is 0.507 e. The lowest BCUT2D eigenvalue weighted by molar-refractivity contribution is 0.0888. The number of hydrogen-bond acceptors (Lipinski definition) is 7. The number of unbranched alkanes of at least 4 members (excludes halogenated alkanes) is 4. The first kappa shape index (κ1) is 38.6. The molecule has 0 aliphatic carbocycles. The molecule has 8 nitrogen and oxygen atoms in total. The number of phenolic OH excluding ortho intramolecular Hbond substituents is 2. The molecule has 8 heteroatoms. The minimum Gasteiger partial charge on any atom is -0.507 e. The van der Waals surface area contributed by atoms with Gasteiger partial charge in [-0.25, -0.2) is 0 Å². The van der Waals surface area contributed by atoms with Gasteiger partial charge in [-0.15, -0.1) is 0 Å². The smallest absolute Gasteiger partial charge is 0.125 e. The third-order valence-electron chi connectivity index (χ3n) is 10.3. The molecule has 1 aliphatic rings. The minimum atomic E-state index is -0.801. The van der Waals surface area contributed by atoms with Crippen molar-refractivity contribution in [1.29, 1.82) is 0 Å². The molecular formula is C41H64N4O4. The minimum absolute atomic E-state index is 0.167. The molecule has 2 aromatic carbocycles. The maximum Gasteiger partial charge on any atom is 0.125 e. The third-order valence-corrected chi connectivity index (χ3v) is 10.3. The second kappa shape index (κ2) is 19.3. The number of nitrogens with zero attached hydrogens (tertiary/aromatic N) is 1. The van der Waals surface area contributed by atoms with E-state index in [0.717, 1.165) is 68.2 Å². The maximum atomic E-state index is 11.7. The summed E-state index contributed by atoms with van der Waals surface area (Å²) < 4.78 is 14.5. The molecule has 0 saturated carbocycles. The van der Waals surface area contributed by atoms with E-state index >= 15 is 0 Å².